The molecule has 0 atom stereocenters. The van der Waals surface area contributed by atoms with Crippen LogP contribution in [0.15, 0.2) is 18.2 Å². The smallest absolute Gasteiger partial charge is 0.377 e. The number of Topliss-reactive ketones (excluding diaryl/α,β-unsaturated/α-hetero) is 1. The first-order valence-corrected chi connectivity index (χ1v) is 4.46. The van der Waals surface area contributed by atoms with Crippen LogP contribution in [-0.2, 0) is 4.79 Å². The minimum absolute atomic E-state index is 0.144. The molecule has 2 rings (SSSR count). The number of hydrogen-bond acceptors (Lipinski definition) is 5. The second-order valence-electron chi connectivity index (χ2n) is 2.56. The first-order chi connectivity index (χ1) is 6.70. The van der Waals surface area contributed by atoms with E-state index < -0.39 is 11.8 Å². The van der Waals surface area contributed by atoms with Gasteiger partial charge in [0.2, 0.25) is 0 Å². The molecule has 0 unspecified atom stereocenters. The molecule has 0 saturated carbocycles. The number of carboxylic acids is 1. The molecule has 70 valence electrons. The van der Waals surface area contributed by atoms with Crippen LogP contribution in [0.4, 0.5) is 0 Å². The lowest BCUT2D eigenvalue weighted by Gasteiger charge is -1.95. The van der Waals surface area contributed by atoms with Crippen molar-refractivity contribution in [2.75, 3.05) is 0 Å². The summed E-state index contributed by atoms with van der Waals surface area (Å²) in [7, 11) is 0. The summed E-state index contributed by atoms with van der Waals surface area (Å²) in [5, 5.41) is 12.3. The van der Waals surface area contributed by atoms with Crippen molar-refractivity contribution in [2.45, 2.75) is 0 Å². The van der Waals surface area contributed by atoms with Crippen LogP contribution in [0.3, 0.4) is 0 Å². The number of hydrogen-bond donors (Lipinski definition) is 1. The van der Waals surface area contributed by atoms with Gasteiger partial charge in [-0.2, -0.15) is 0 Å². The van der Waals surface area contributed by atoms with E-state index in [0.717, 1.165) is 11.5 Å². The number of carbonyl (C=O) groups excluding carboxylic acids is 1. The Bertz CT molecular complexity index is 520. The number of benzene rings is 1. The summed E-state index contributed by atoms with van der Waals surface area (Å²) in [5.74, 6) is -2.40. The summed E-state index contributed by atoms with van der Waals surface area (Å²) in [5.41, 5.74) is 0.687. The van der Waals surface area contributed by atoms with Crippen molar-refractivity contribution in [3.63, 3.8) is 0 Å². The quantitative estimate of drug-likeness (QED) is 0.587. The number of aromatic nitrogens is 2. The van der Waals surface area contributed by atoms with Crippen molar-refractivity contribution in [1.29, 1.82) is 0 Å². The normalized spacial score (nSPS) is 10.3. The molecule has 0 amide bonds. The topological polar surface area (TPSA) is 80.1 Å². The molecule has 1 aromatic carbocycles. The molecule has 6 heteroatoms. The monoisotopic (exact) mass is 208 g/mol. The highest BCUT2D eigenvalue weighted by Crippen LogP contribution is 2.20. The van der Waals surface area contributed by atoms with Gasteiger partial charge in [-0.3, -0.25) is 4.79 Å². The van der Waals surface area contributed by atoms with Gasteiger partial charge >= 0.3 is 5.97 Å². The van der Waals surface area contributed by atoms with Crippen molar-refractivity contribution in [1.82, 2.24) is 9.59 Å². The molecule has 0 aliphatic carbocycles. The van der Waals surface area contributed by atoms with Crippen LogP contribution in [0, 0.1) is 0 Å². The van der Waals surface area contributed by atoms with E-state index in [-0.39, 0.29) is 5.56 Å². The summed E-state index contributed by atoms with van der Waals surface area (Å²) in [4.78, 5) is 21.7. The number of nitrogens with zero attached hydrogens (tertiary/aromatic N) is 2. The van der Waals surface area contributed by atoms with Gasteiger partial charge in [-0.1, -0.05) is 10.6 Å². The second kappa shape index (κ2) is 3.15. The average Bonchev–Trinajstić information content (AvgIpc) is 2.63. The van der Waals surface area contributed by atoms with Crippen molar-refractivity contribution in [2.24, 2.45) is 0 Å². The molecule has 14 heavy (non-hydrogen) atoms. The first-order valence-electron chi connectivity index (χ1n) is 3.69. The van der Waals surface area contributed by atoms with Crippen molar-refractivity contribution in [3.05, 3.63) is 23.8 Å². The van der Waals surface area contributed by atoms with Crippen molar-refractivity contribution >= 4 is 33.5 Å². The molecule has 0 bridgehead atoms. The largest absolute Gasteiger partial charge is 0.475 e. The minimum Gasteiger partial charge on any atom is -0.475 e. The Morgan fingerprint density at radius 2 is 2.14 bits per heavy atom. The Morgan fingerprint density at radius 3 is 2.86 bits per heavy atom. The van der Waals surface area contributed by atoms with E-state index in [4.69, 9.17) is 5.11 Å². The van der Waals surface area contributed by atoms with Crippen molar-refractivity contribution in [3.8, 4) is 0 Å². The van der Waals surface area contributed by atoms with Crippen LogP contribution < -0.4 is 0 Å². The lowest BCUT2D eigenvalue weighted by molar-refractivity contribution is -0.131. The van der Waals surface area contributed by atoms with Gasteiger partial charge in [0.05, 0.1) is 10.3 Å². The zero-order chi connectivity index (χ0) is 10.1. The molecular formula is C8H4N2O3S. The Balaban J connectivity index is 2.67. The fourth-order valence-electron chi connectivity index (χ4n) is 1.10. The molecule has 0 fully saturated rings. The van der Waals surface area contributed by atoms with E-state index in [1.807, 2.05) is 0 Å². The van der Waals surface area contributed by atoms with E-state index in [0.29, 0.717) is 10.2 Å². The predicted molar refractivity (Wildman–Crippen MR) is 49.4 cm³/mol. The molecule has 0 aliphatic rings. The molecule has 1 aromatic heterocycles. The number of carbonyl (C=O) groups is 2. The van der Waals surface area contributed by atoms with E-state index in [9.17, 15) is 9.59 Å². The number of carboxylic acid groups (broad SMARTS) is 1. The predicted octanol–water partition coefficient (Wildman–Crippen LogP) is 0.959. The summed E-state index contributed by atoms with van der Waals surface area (Å²) >= 11 is 1.01. The molecule has 1 N–H and O–H groups in total. The van der Waals surface area contributed by atoms with Crippen LogP contribution in [0.25, 0.3) is 10.2 Å². The number of ketones is 1. The van der Waals surface area contributed by atoms with E-state index >= 15 is 0 Å². The maximum absolute atomic E-state index is 11.2. The van der Waals surface area contributed by atoms with Gasteiger partial charge < -0.3 is 5.11 Å². The van der Waals surface area contributed by atoms with Gasteiger partial charge in [0.15, 0.2) is 0 Å². The van der Waals surface area contributed by atoms with E-state index in [2.05, 4.69) is 9.59 Å². The molecule has 2 aromatic rings. The van der Waals surface area contributed by atoms with Crippen LogP contribution in [0.2, 0.25) is 0 Å². The highest BCUT2D eigenvalue weighted by Gasteiger charge is 2.18. The van der Waals surface area contributed by atoms with Gasteiger partial charge in [-0.25, -0.2) is 4.79 Å². The highest BCUT2D eigenvalue weighted by atomic mass is 32.1. The van der Waals surface area contributed by atoms with Crippen LogP contribution in [-0.4, -0.2) is 26.4 Å². The number of rotatable bonds is 2. The summed E-state index contributed by atoms with van der Waals surface area (Å²) < 4.78 is 4.16. The minimum atomic E-state index is -1.47. The lowest BCUT2D eigenvalue weighted by atomic mass is 10.1. The highest BCUT2D eigenvalue weighted by molar-refractivity contribution is 7.13. The molecule has 0 radical (unpaired) electrons. The zero-order valence-corrected chi connectivity index (χ0v) is 7.61. The standard InChI is InChI=1S/C8H4N2O3S/c11-6(8(12)13)4-2-1-3-5-7(4)14-10-9-5/h1-3H,(H,12,13). The maximum atomic E-state index is 11.2. The Labute approximate surface area is 82.1 Å². The number of aliphatic carboxylic acids is 1. The zero-order valence-electron chi connectivity index (χ0n) is 6.80. The third kappa shape index (κ3) is 1.25. The molecule has 0 aliphatic heterocycles. The summed E-state index contributed by atoms with van der Waals surface area (Å²) in [6.07, 6.45) is 0. The fourth-order valence-corrected chi connectivity index (χ4v) is 1.77. The molecule has 0 spiro atoms. The average molecular weight is 208 g/mol. The Hall–Kier alpha value is -1.82. The first kappa shape index (κ1) is 8.76. The maximum Gasteiger partial charge on any atom is 0.377 e. The lowest BCUT2D eigenvalue weighted by Crippen LogP contribution is -2.12. The second-order valence-corrected chi connectivity index (χ2v) is 3.32. The Morgan fingerprint density at radius 1 is 1.36 bits per heavy atom. The third-order valence-corrected chi connectivity index (χ3v) is 2.49. The van der Waals surface area contributed by atoms with Gasteiger partial charge in [-0.15, -0.1) is 5.10 Å². The van der Waals surface area contributed by atoms with Crippen molar-refractivity contribution < 1.29 is 14.7 Å². The molecular weight excluding hydrogens is 204 g/mol. The molecule has 1 heterocycles. The van der Waals surface area contributed by atoms with Crippen LogP contribution in [0.5, 0.6) is 0 Å². The summed E-state index contributed by atoms with van der Waals surface area (Å²) in [6.45, 7) is 0. The van der Waals surface area contributed by atoms with Gasteiger partial charge in [0, 0.05) is 0 Å². The molecule has 0 saturated heterocycles. The van der Waals surface area contributed by atoms with E-state index in [1.165, 1.54) is 6.07 Å². The third-order valence-electron chi connectivity index (χ3n) is 1.71. The summed E-state index contributed by atoms with van der Waals surface area (Å²) in [6, 6.07) is 4.72. The SMILES string of the molecule is O=C(O)C(=O)c1cccc2nnsc12. The van der Waals surface area contributed by atoms with Crippen LogP contribution >= 0.6 is 11.5 Å². The van der Waals surface area contributed by atoms with Crippen LogP contribution in [0.1, 0.15) is 10.4 Å². The van der Waals surface area contributed by atoms with E-state index in [1.54, 1.807) is 12.1 Å². The van der Waals surface area contributed by atoms with Gasteiger partial charge in [0.1, 0.15) is 5.52 Å². The molecule has 5 nitrogen and oxygen atoms in total. The fraction of sp³-hybridized carbons (Fsp3) is 0. The van der Waals surface area contributed by atoms with Gasteiger partial charge in [-0.05, 0) is 23.7 Å². The van der Waals surface area contributed by atoms with Gasteiger partial charge in [0.25, 0.3) is 5.78 Å². The number of fused-ring (bicyclic) bond motifs is 1. The Kier molecular flexibility index (Phi) is 1.97.